The smallest absolute Gasteiger partial charge is 0.261 e. The van der Waals surface area contributed by atoms with Crippen LogP contribution in [-0.4, -0.2) is 34.1 Å². The summed E-state index contributed by atoms with van der Waals surface area (Å²) in [6.45, 7) is 4.12. The van der Waals surface area contributed by atoms with Gasteiger partial charge in [-0.3, -0.25) is 4.79 Å². The molecule has 1 amide bonds. The molecule has 8 heteroatoms. The summed E-state index contributed by atoms with van der Waals surface area (Å²) >= 11 is 8.10. The maximum Gasteiger partial charge on any atom is 0.261 e. The standard InChI is InChI=1S/C20H17ClIN3O3/c1-2-11-25(19(26)13-27-17-9-7-16(22)8-10-17)12-18-23-20(24-28-18)14-3-5-15(21)6-4-14/h2-10H,1,11-13H2. The van der Waals surface area contributed by atoms with Crippen LogP contribution in [0.15, 0.2) is 65.7 Å². The van der Waals surface area contributed by atoms with Crippen LogP contribution in [0, 0.1) is 3.57 Å². The summed E-state index contributed by atoms with van der Waals surface area (Å²) in [4.78, 5) is 18.4. The minimum atomic E-state index is -0.204. The zero-order valence-corrected chi connectivity index (χ0v) is 17.8. The van der Waals surface area contributed by atoms with Gasteiger partial charge in [-0.25, -0.2) is 0 Å². The summed E-state index contributed by atoms with van der Waals surface area (Å²) in [6, 6.07) is 14.6. The highest BCUT2D eigenvalue weighted by Crippen LogP contribution is 2.19. The lowest BCUT2D eigenvalue weighted by Gasteiger charge is -2.19. The number of aromatic nitrogens is 2. The highest BCUT2D eigenvalue weighted by molar-refractivity contribution is 14.1. The van der Waals surface area contributed by atoms with Crippen molar-refractivity contribution in [3.8, 4) is 17.1 Å². The summed E-state index contributed by atoms with van der Waals surface area (Å²) in [7, 11) is 0. The highest BCUT2D eigenvalue weighted by Gasteiger charge is 2.18. The number of amides is 1. The molecule has 1 aromatic heterocycles. The minimum Gasteiger partial charge on any atom is -0.484 e. The van der Waals surface area contributed by atoms with E-state index in [4.69, 9.17) is 20.9 Å². The maximum atomic E-state index is 12.5. The monoisotopic (exact) mass is 509 g/mol. The lowest BCUT2D eigenvalue weighted by atomic mass is 10.2. The van der Waals surface area contributed by atoms with E-state index < -0.39 is 0 Å². The third-order valence-electron chi connectivity index (χ3n) is 3.77. The summed E-state index contributed by atoms with van der Waals surface area (Å²) in [5.74, 6) is 1.20. The number of carbonyl (C=O) groups is 1. The molecule has 6 nitrogen and oxygen atoms in total. The van der Waals surface area contributed by atoms with Crippen molar-refractivity contribution in [3.05, 3.63) is 75.7 Å². The Hall–Kier alpha value is -2.39. The molecule has 0 fully saturated rings. The fraction of sp³-hybridized carbons (Fsp3) is 0.150. The first-order chi connectivity index (χ1) is 13.5. The van der Waals surface area contributed by atoms with Crippen molar-refractivity contribution in [3.63, 3.8) is 0 Å². The number of rotatable bonds is 8. The van der Waals surface area contributed by atoms with E-state index >= 15 is 0 Å². The number of ether oxygens (including phenoxy) is 1. The van der Waals surface area contributed by atoms with Crippen molar-refractivity contribution in [2.24, 2.45) is 0 Å². The molecule has 28 heavy (non-hydrogen) atoms. The number of halogens is 2. The van der Waals surface area contributed by atoms with Gasteiger partial charge in [-0.1, -0.05) is 22.8 Å². The number of nitrogens with zero attached hydrogens (tertiary/aromatic N) is 3. The molecule has 0 aliphatic carbocycles. The van der Waals surface area contributed by atoms with E-state index in [9.17, 15) is 4.79 Å². The van der Waals surface area contributed by atoms with E-state index in [1.165, 1.54) is 0 Å². The average molecular weight is 510 g/mol. The molecular formula is C20H17ClIN3O3. The molecule has 144 valence electrons. The molecule has 3 aromatic rings. The molecule has 0 saturated carbocycles. The zero-order chi connectivity index (χ0) is 19.9. The van der Waals surface area contributed by atoms with Crippen LogP contribution < -0.4 is 4.74 Å². The van der Waals surface area contributed by atoms with E-state index in [0.717, 1.165) is 9.13 Å². The fourth-order valence-electron chi connectivity index (χ4n) is 2.38. The summed E-state index contributed by atoms with van der Waals surface area (Å²) in [5.41, 5.74) is 0.781. The number of hydrogen-bond acceptors (Lipinski definition) is 5. The van der Waals surface area contributed by atoms with E-state index in [-0.39, 0.29) is 19.1 Å². The molecule has 0 aliphatic heterocycles. The molecule has 0 atom stereocenters. The van der Waals surface area contributed by atoms with Gasteiger partial charge in [0.15, 0.2) is 6.61 Å². The van der Waals surface area contributed by atoms with Gasteiger partial charge < -0.3 is 14.2 Å². The second-order valence-electron chi connectivity index (χ2n) is 5.82. The van der Waals surface area contributed by atoms with Crippen molar-refractivity contribution in [2.75, 3.05) is 13.2 Å². The molecule has 0 saturated heterocycles. The summed E-state index contributed by atoms with van der Waals surface area (Å²) in [6.07, 6.45) is 1.64. The van der Waals surface area contributed by atoms with Crippen LogP contribution >= 0.6 is 34.2 Å². The maximum absolute atomic E-state index is 12.5. The normalized spacial score (nSPS) is 10.5. The van der Waals surface area contributed by atoms with Crippen molar-refractivity contribution in [2.45, 2.75) is 6.54 Å². The van der Waals surface area contributed by atoms with Gasteiger partial charge in [0.1, 0.15) is 12.3 Å². The van der Waals surface area contributed by atoms with Gasteiger partial charge in [-0.2, -0.15) is 4.98 Å². The van der Waals surface area contributed by atoms with Gasteiger partial charge in [0.05, 0.1) is 0 Å². The Balaban J connectivity index is 1.63. The molecule has 0 spiro atoms. The van der Waals surface area contributed by atoms with Crippen LogP contribution in [0.3, 0.4) is 0 Å². The predicted molar refractivity (Wildman–Crippen MR) is 115 cm³/mol. The lowest BCUT2D eigenvalue weighted by molar-refractivity contribution is -0.133. The third-order valence-corrected chi connectivity index (χ3v) is 4.75. The minimum absolute atomic E-state index is 0.0907. The Morgan fingerprint density at radius 3 is 2.61 bits per heavy atom. The molecule has 0 aliphatic rings. The van der Waals surface area contributed by atoms with Crippen molar-refractivity contribution < 1.29 is 14.1 Å². The van der Waals surface area contributed by atoms with Crippen LogP contribution in [0.4, 0.5) is 0 Å². The lowest BCUT2D eigenvalue weighted by Crippen LogP contribution is -2.34. The number of carbonyl (C=O) groups excluding carboxylic acids is 1. The van der Waals surface area contributed by atoms with Crippen LogP contribution in [-0.2, 0) is 11.3 Å². The second kappa shape index (κ2) is 9.70. The van der Waals surface area contributed by atoms with Gasteiger partial charge in [-0.15, -0.1) is 6.58 Å². The Kier molecular flexibility index (Phi) is 7.05. The Morgan fingerprint density at radius 1 is 1.21 bits per heavy atom. The van der Waals surface area contributed by atoms with Gasteiger partial charge in [0.25, 0.3) is 5.91 Å². The first kappa shape index (κ1) is 20.3. The Morgan fingerprint density at radius 2 is 1.93 bits per heavy atom. The van der Waals surface area contributed by atoms with E-state index in [0.29, 0.717) is 29.0 Å². The highest BCUT2D eigenvalue weighted by atomic mass is 127. The fourth-order valence-corrected chi connectivity index (χ4v) is 2.86. The van der Waals surface area contributed by atoms with Gasteiger partial charge in [0, 0.05) is 20.7 Å². The molecular weight excluding hydrogens is 493 g/mol. The topological polar surface area (TPSA) is 68.5 Å². The SMILES string of the molecule is C=CCN(Cc1nc(-c2ccc(Cl)cc2)no1)C(=O)COc1ccc(I)cc1. The quantitative estimate of drug-likeness (QED) is 0.328. The van der Waals surface area contributed by atoms with Gasteiger partial charge >= 0.3 is 0 Å². The van der Waals surface area contributed by atoms with E-state index in [1.54, 1.807) is 35.2 Å². The number of hydrogen-bond donors (Lipinski definition) is 0. The van der Waals surface area contributed by atoms with Crippen molar-refractivity contribution in [1.82, 2.24) is 15.0 Å². The van der Waals surface area contributed by atoms with Crippen molar-refractivity contribution >= 4 is 40.1 Å². The van der Waals surface area contributed by atoms with Gasteiger partial charge in [-0.05, 0) is 71.1 Å². The molecule has 0 radical (unpaired) electrons. The average Bonchev–Trinajstić information content (AvgIpc) is 3.16. The third kappa shape index (κ3) is 5.56. The zero-order valence-electron chi connectivity index (χ0n) is 14.8. The first-order valence-electron chi connectivity index (χ1n) is 8.40. The van der Waals surface area contributed by atoms with Crippen molar-refractivity contribution in [1.29, 1.82) is 0 Å². The van der Waals surface area contributed by atoms with Crippen LogP contribution in [0.5, 0.6) is 5.75 Å². The van der Waals surface area contributed by atoms with Crippen LogP contribution in [0.1, 0.15) is 5.89 Å². The predicted octanol–water partition coefficient (Wildman–Crippen LogP) is 4.59. The summed E-state index contributed by atoms with van der Waals surface area (Å²) < 4.78 is 11.9. The Labute approximate surface area is 181 Å². The molecule has 2 aromatic carbocycles. The largest absolute Gasteiger partial charge is 0.484 e. The van der Waals surface area contributed by atoms with Crippen LogP contribution in [0.2, 0.25) is 5.02 Å². The van der Waals surface area contributed by atoms with Gasteiger partial charge in [0.2, 0.25) is 11.7 Å². The summed E-state index contributed by atoms with van der Waals surface area (Å²) in [5, 5.41) is 4.59. The van der Waals surface area contributed by atoms with E-state index in [1.807, 2.05) is 24.3 Å². The van der Waals surface area contributed by atoms with Crippen LogP contribution in [0.25, 0.3) is 11.4 Å². The number of benzene rings is 2. The van der Waals surface area contributed by atoms with E-state index in [2.05, 4.69) is 39.3 Å². The molecule has 0 N–H and O–H groups in total. The Bertz CT molecular complexity index is 942. The molecule has 3 rings (SSSR count). The first-order valence-corrected chi connectivity index (χ1v) is 9.86. The molecule has 0 bridgehead atoms. The second-order valence-corrected chi connectivity index (χ2v) is 7.51. The molecule has 0 unspecified atom stereocenters. The molecule has 1 heterocycles.